The van der Waals surface area contributed by atoms with Gasteiger partial charge in [0.05, 0.1) is 10.7 Å². The predicted octanol–water partition coefficient (Wildman–Crippen LogP) is 3.75. The van der Waals surface area contributed by atoms with E-state index in [2.05, 4.69) is 17.6 Å². The maximum absolute atomic E-state index is 5.90. The van der Waals surface area contributed by atoms with Crippen LogP contribution in [0, 0.1) is 0 Å². The van der Waals surface area contributed by atoms with Crippen molar-refractivity contribution in [3.05, 3.63) is 46.6 Å². The van der Waals surface area contributed by atoms with Crippen LogP contribution in [-0.4, -0.2) is 6.54 Å². The van der Waals surface area contributed by atoms with Gasteiger partial charge in [0.25, 0.3) is 0 Å². The Kier molecular flexibility index (Phi) is 3.91. The molecule has 1 N–H and O–H groups in total. The second-order valence-corrected chi connectivity index (χ2v) is 3.26. The SMILES string of the molecule is C=C=CCNc1cc(Cl)ccc1Cl. The number of hydrogen-bond donors (Lipinski definition) is 1. The van der Waals surface area contributed by atoms with Crippen LogP contribution >= 0.6 is 23.2 Å². The van der Waals surface area contributed by atoms with Gasteiger partial charge >= 0.3 is 0 Å². The number of halogens is 2. The highest BCUT2D eigenvalue weighted by Crippen LogP contribution is 2.24. The third kappa shape index (κ3) is 3.16. The van der Waals surface area contributed by atoms with Crippen LogP contribution in [0.5, 0.6) is 0 Å². The lowest BCUT2D eigenvalue weighted by atomic mass is 10.3. The smallest absolute Gasteiger partial charge is 0.0638 e. The van der Waals surface area contributed by atoms with E-state index in [1.54, 1.807) is 24.3 Å². The van der Waals surface area contributed by atoms with Crippen LogP contribution in [0.4, 0.5) is 5.69 Å². The molecular formula is C10H9Cl2N. The summed E-state index contributed by atoms with van der Waals surface area (Å²) in [5.41, 5.74) is 3.48. The fraction of sp³-hybridized carbons (Fsp3) is 0.100. The first-order chi connectivity index (χ1) is 6.24. The quantitative estimate of drug-likeness (QED) is 0.755. The summed E-state index contributed by atoms with van der Waals surface area (Å²) >= 11 is 11.7. The number of hydrogen-bond acceptors (Lipinski definition) is 1. The summed E-state index contributed by atoms with van der Waals surface area (Å²) in [4.78, 5) is 0. The van der Waals surface area contributed by atoms with Gasteiger partial charge in [0.15, 0.2) is 0 Å². The third-order valence-corrected chi connectivity index (χ3v) is 2.03. The van der Waals surface area contributed by atoms with Crippen LogP contribution in [0.1, 0.15) is 0 Å². The minimum Gasteiger partial charge on any atom is -0.380 e. The minimum atomic E-state index is 0.642. The van der Waals surface area contributed by atoms with Crippen molar-refractivity contribution < 1.29 is 0 Å². The first-order valence-corrected chi connectivity index (χ1v) is 4.53. The summed E-state index contributed by atoms with van der Waals surface area (Å²) in [5, 5.41) is 4.40. The topological polar surface area (TPSA) is 12.0 Å². The second-order valence-electron chi connectivity index (χ2n) is 2.41. The lowest BCUT2D eigenvalue weighted by molar-refractivity contribution is 1.34. The molecule has 0 aliphatic rings. The largest absolute Gasteiger partial charge is 0.380 e. The molecule has 0 amide bonds. The van der Waals surface area contributed by atoms with Gasteiger partial charge in [-0.15, -0.1) is 5.73 Å². The number of nitrogens with one attached hydrogen (secondary N) is 1. The molecule has 1 aromatic carbocycles. The molecule has 0 fully saturated rings. The van der Waals surface area contributed by atoms with Crippen molar-refractivity contribution in [2.75, 3.05) is 11.9 Å². The molecule has 0 aromatic heterocycles. The van der Waals surface area contributed by atoms with Gasteiger partial charge in [0.2, 0.25) is 0 Å². The van der Waals surface area contributed by atoms with E-state index in [0.29, 0.717) is 16.6 Å². The Labute approximate surface area is 87.7 Å². The van der Waals surface area contributed by atoms with Gasteiger partial charge in [0, 0.05) is 11.6 Å². The van der Waals surface area contributed by atoms with E-state index in [0.717, 1.165) is 5.69 Å². The molecule has 0 saturated carbocycles. The van der Waals surface area contributed by atoms with Crippen molar-refractivity contribution in [3.8, 4) is 0 Å². The zero-order valence-electron chi connectivity index (χ0n) is 6.98. The van der Waals surface area contributed by atoms with Gasteiger partial charge in [-0.05, 0) is 24.3 Å². The Balaban J connectivity index is 2.75. The summed E-state index contributed by atoms with van der Waals surface area (Å²) in [6, 6.07) is 5.28. The maximum atomic E-state index is 5.90. The zero-order valence-corrected chi connectivity index (χ0v) is 8.49. The van der Waals surface area contributed by atoms with Gasteiger partial charge in [0.1, 0.15) is 0 Å². The molecule has 0 heterocycles. The van der Waals surface area contributed by atoms with Crippen molar-refractivity contribution in [2.24, 2.45) is 0 Å². The van der Waals surface area contributed by atoms with E-state index < -0.39 is 0 Å². The van der Waals surface area contributed by atoms with Crippen molar-refractivity contribution in [1.82, 2.24) is 0 Å². The highest BCUT2D eigenvalue weighted by atomic mass is 35.5. The lowest BCUT2D eigenvalue weighted by Gasteiger charge is -2.05. The molecule has 68 valence electrons. The van der Waals surface area contributed by atoms with Crippen LogP contribution in [0.25, 0.3) is 0 Å². The molecule has 0 aliphatic carbocycles. The average Bonchev–Trinajstić information content (AvgIpc) is 2.11. The molecule has 1 nitrogen and oxygen atoms in total. The molecule has 0 spiro atoms. The molecule has 0 saturated heterocycles. The first-order valence-electron chi connectivity index (χ1n) is 3.77. The Morgan fingerprint density at radius 3 is 2.92 bits per heavy atom. The van der Waals surface area contributed by atoms with Gasteiger partial charge in [-0.1, -0.05) is 29.8 Å². The second kappa shape index (κ2) is 4.98. The van der Waals surface area contributed by atoms with Crippen molar-refractivity contribution in [2.45, 2.75) is 0 Å². The fourth-order valence-corrected chi connectivity index (χ4v) is 1.22. The van der Waals surface area contributed by atoms with Crippen LogP contribution in [-0.2, 0) is 0 Å². The molecule has 13 heavy (non-hydrogen) atoms. The van der Waals surface area contributed by atoms with Crippen molar-refractivity contribution in [1.29, 1.82) is 0 Å². The summed E-state index contributed by atoms with van der Waals surface area (Å²) < 4.78 is 0. The Hall–Kier alpha value is -0.880. The Morgan fingerprint density at radius 2 is 2.23 bits per heavy atom. The molecule has 0 bridgehead atoms. The number of anilines is 1. The van der Waals surface area contributed by atoms with Gasteiger partial charge < -0.3 is 5.32 Å². The molecule has 0 aliphatic heterocycles. The van der Waals surface area contributed by atoms with Crippen LogP contribution in [0.3, 0.4) is 0 Å². The predicted molar refractivity (Wildman–Crippen MR) is 58.7 cm³/mol. The number of benzene rings is 1. The summed E-state index contributed by atoms with van der Waals surface area (Å²) in [5.74, 6) is 0. The molecule has 0 atom stereocenters. The Bertz CT molecular complexity index is 341. The van der Waals surface area contributed by atoms with Crippen molar-refractivity contribution in [3.63, 3.8) is 0 Å². The molecule has 3 heteroatoms. The van der Waals surface area contributed by atoms with Gasteiger partial charge in [-0.2, -0.15) is 0 Å². The lowest BCUT2D eigenvalue weighted by Crippen LogP contribution is -1.97. The van der Waals surface area contributed by atoms with E-state index in [-0.39, 0.29) is 0 Å². The Morgan fingerprint density at radius 1 is 1.46 bits per heavy atom. The van der Waals surface area contributed by atoms with Crippen LogP contribution in [0.2, 0.25) is 10.0 Å². The monoisotopic (exact) mass is 213 g/mol. The highest BCUT2D eigenvalue weighted by Gasteiger charge is 1.98. The van der Waals surface area contributed by atoms with E-state index in [1.807, 2.05) is 0 Å². The normalized spacial score (nSPS) is 9.08. The summed E-state index contributed by atoms with van der Waals surface area (Å²) in [6.07, 6.45) is 1.78. The standard InChI is InChI=1S/C10H9Cl2N/c1-2-3-6-13-10-7-8(11)4-5-9(10)12/h3-5,7,13H,1,6H2. The van der Waals surface area contributed by atoms with E-state index in [1.165, 1.54) is 0 Å². The van der Waals surface area contributed by atoms with Crippen LogP contribution in [0.15, 0.2) is 36.6 Å². The minimum absolute atomic E-state index is 0.642. The average molecular weight is 214 g/mol. The molecule has 0 unspecified atom stereocenters. The van der Waals surface area contributed by atoms with E-state index >= 15 is 0 Å². The maximum Gasteiger partial charge on any atom is 0.0638 e. The molecule has 0 radical (unpaired) electrons. The first kappa shape index (κ1) is 10.2. The van der Waals surface area contributed by atoms with Crippen molar-refractivity contribution >= 4 is 28.9 Å². The molecule has 1 rings (SSSR count). The van der Waals surface area contributed by atoms with Gasteiger partial charge in [-0.25, -0.2) is 0 Å². The number of rotatable bonds is 3. The third-order valence-electron chi connectivity index (χ3n) is 1.47. The molecule has 1 aromatic rings. The van der Waals surface area contributed by atoms with Crippen LogP contribution < -0.4 is 5.32 Å². The summed E-state index contributed by atoms with van der Waals surface area (Å²) in [6.45, 7) is 4.09. The van der Waals surface area contributed by atoms with E-state index in [4.69, 9.17) is 23.2 Å². The fourth-order valence-electron chi connectivity index (χ4n) is 0.866. The zero-order chi connectivity index (χ0) is 9.68. The summed E-state index contributed by atoms with van der Waals surface area (Å²) in [7, 11) is 0. The van der Waals surface area contributed by atoms with Gasteiger partial charge in [-0.3, -0.25) is 0 Å². The van der Waals surface area contributed by atoms with E-state index in [9.17, 15) is 0 Å². The molecular weight excluding hydrogens is 205 g/mol. The highest BCUT2D eigenvalue weighted by molar-refractivity contribution is 6.35.